The number of hydrogen-bond acceptors (Lipinski definition) is 5. The molecule has 1 heterocycles. The summed E-state index contributed by atoms with van der Waals surface area (Å²) in [7, 11) is 13.5. The SMILES string of the molecule is CC.Cc1ccc2c(c1)SC(c1ccc(NC(=O)c3c(P)c(P)c(P)c(P)c3P)c(S)c1S)N2. The summed E-state index contributed by atoms with van der Waals surface area (Å²) in [6.45, 7) is 6.09. The highest BCUT2D eigenvalue weighted by atomic mass is 32.2. The summed E-state index contributed by atoms with van der Waals surface area (Å²) in [4.78, 5) is 15.8. The lowest BCUT2D eigenvalue weighted by Crippen LogP contribution is -2.45. The molecule has 11 heteroatoms. The van der Waals surface area contributed by atoms with Gasteiger partial charge in [-0.25, -0.2) is 0 Å². The third-order valence-corrected chi connectivity index (χ3v) is 12.0. The van der Waals surface area contributed by atoms with Gasteiger partial charge in [-0.1, -0.05) is 37.7 Å². The van der Waals surface area contributed by atoms with E-state index in [9.17, 15) is 4.79 Å². The van der Waals surface area contributed by atoms with E-state index in [1.54, 1.807) is 11.8 Å². The van der Waals surface area contributed by atoms with Gasteiger partial charge < -0.3 is 10.6 Å². The molecule has 1 amide bonds. The Bertz CT molecular complexity index is 1260. The average molecular weight is 601 g/mol. The Labute approximate surface area is 229 Å². The maximum Gasteiger partial charge on any atom is 0.257 e. The van der Waals surface area contributed by atoms with Crippen molar-refractivity contribution in [3.8, 4) is 0 Å². The number of fused-ring (bicyclic) bond motifs is 1. The van der Waals surface area contributed by atoms with Crippen molar-refractivity contribution in [1.29, 1.82) is 0 Å². The number of anilines is 2. The topological polar surface area (TPSA) is 41.1 Å². The fourth-order valence-electron chi connectivity index (χ4n) is 3.47. The molecule has 3 nitrogen and oxygen atoms in total. The second-order valence-electron chi connectivity index (χ2n) is 7.44. The second kappa shape index (κ2) is 12.1. The van der Waals surface area contributed by atoms with Crippen LogP contribution >= 0.6 is 83.2 Å². The predicted molar refractivity (Wildman–Crippen MR) is 177 cm³/mol. The van der Waals surface area contributed by atoms with Crippen molar-refractivity contribution >= 4 is 127 Å². The van der Waals surface area contributed by atoms with Crippen molar-refractivity contribution in [2.24, 2.45) is 0 Å². The molecular formula is C23H29N2OP5S3. The number of carbonyl (C=O) groups is 1. The van der Waals surface area contributed by atoms with E-state index in [0.717, 1.165) is 42.7 Å². The van der Waals surface area contributed by atoms with E-state index in [1.807, 2.05) is 26.0 Å². The molecule has 0 radical (unpaired) electrons. The first-order valence-corrected chi connectivity index (χ1v) is 15.2. The van der Waals surface area contributed by atoms with Crippen LogP contribution in [0.4, 0.5) is 11.4 Å². The van der Waals surface area contributed by atoms with Crippen LogP contribution in [0.3, 0.4) is 0 Å². The lowest BCUT2D eigenvalue weighted by molar-refractivity contribution is 0.102. The number of benzene rings is 3. The van der Waals surface area contributed by atoms with E-state index in [0.29, 0.717) is 16.1 Å². The quantitative estimate of drug-likeness (QED) is 0.263. The van der Waals surface area contributed by atoms with Crippen LogP contribution < -0.4 is 37.2 Å². The molecule has 180 valence electrons. The average Bonchev–Trinajstić information content (AvgIpc) is 3.23. The fourth-order valence-corrected chi connectivity index (χ4v) is 7.88. The van der Waals surface area contributed by atoms with Gasteiger partial charge in [0.2, 0.25) is 0 Å². The van der Waals surface area contributed by atoms with Crippen LogP contribution in [0, 0.1) is 6.92 Å². The Hall–Kier alpha value is 0.130. The van der Waals surface area contributed by atoms with E-state index in [2.05, 4.69) is 82.0 Å². The summed E-state index contributed by atoms with van der Waals surface area (Å²) in [6.07, 6.45) is 0. The molecule has 4 rings (SSSR count). The number of thiol groups is 2. The summed E-state index contributed by atoms with van der Waals surface area (Å²) in [5.74, 6) is -0.190. The van der Waals surface area contributed by atoms with Gasteiger partial charge in [0.1, 0.15) is 5.37 Å². The minimum absolute atomic E-state index is 0.0428. The molecule has 1 aliphatic rings. The van der Waals surface area contributed by atoms with Gasteiger partial charge in [-0.05, 0) is 62.8 Å². The molecule has 6 unspecified atom stereocenters. The zero-order valence-electron chi connectivity index (χ0n) is 19.1. The Morgan fingerprint density at radius 3 is 2.12 bits per heavy atom. The Balaban J connectivity index is 0.00000158. The molecule has 0 spiro atoms. The van der Waals surface area contributed by atoms with Crippen molar-refractivity contribution < 1.29 is 4.79 Å². The fraction of sp³-hybridized carbons (Fsp3) is 0.174. The summed E-state index contributed by atoms with van der Waals surface area (Å²) in [6, 6.07) is 10.3. The largest absolute Gasteiger partial charge is 0.368 e. The van der Waals surface area contributed by atoms with Gasteiger partial charge in [-0.15, -0.1) is 71.5 Å². The molecule has 2 N–H and O–H groups in total. The molecule has 6 atom stereocenters. The molecule has 3 aromatic rings. The maximum atomic E-state index is 13.2. The van der Waals surface area contributed by atoms with E-state index in [-0.39, 0.29) is 11.3 Å². The molecule has 0 fully saturated rings. The molecular weight excluding hydrogens is 571 g/mol. The molecule has 3 aromatic carbocycles. The summed E-state index contributed by atoms with van der Waals surface area (Å²) in [5.41, 5.74) is 4.62. The van der Waals surface area contributed by atoms with Gasteiger partial charge >= 0.3 is 0 Å². The first-order chi connectivity index (χ1) is 16.1. The van der Waals surface area contributed by atoms with Crippen LogP contribution in [0.1, 0.15) is 40.7 Å². The third kappa shape index (κ3) is 5.67. The van der Waals surface area contributed by atoms with E-state index in [1.165, 1.54) is 10.5 Å². The van der Waals surface area contributed by atoms with Crippen LogP contribution in [0.15, 0.2) is 45.0 Å². The van der Waals surface area contributed by atoms with E-state index >= 15 is 0 Å². The van der Waals surface area contributed by atoms with E-state index in [4.69, 9.17) is 25.3 Å². The van der Waals surface area contributed by atoms with Crippen molar-refractivity contribution in [2.75, 3.05) is 10.6 Å². The predicted octanol–water partition coefficient (Wildman–Crippen LogP) is 4.57. The molecule has 0 aliphatic carbocycles. The number of carbonyl (C=O) groups excluding carboxylic acids is 1. The van der Waals surface area contributed by atoms with Crippen LogP contribution in [-0.4, -0.2) is 5.91 Å². The van der Waals surface area contributed by atoms with Crippen LogP contribution in [0.2, 0.25) is 0 Å². The van der Waals surface area contributed by atoms with Gasteiger partial charge in [0, 0.05) is 20.4 Å². The van der Waals surface area contributed by atoms with Crippen molar-refractivity contribution in [2.45, 2.75) is 40.8 Å². The zero-order chi connectivity index (χ0) is 25.3. The molecule has 0 saturated heterocycles. The summed E-state index contributed by atoms with van der Waals surface area (Å²) < 4.78 is 0. The number of nitrogens with one attached hydrogen (secondary N) is 2. The number of rotatable bonds is 3. The summed E-state index contributed by atoms with van der Waals surface area (Å²) in [5, 5.41) is 11.3. The first kappa shape index (κ1) is 28.7. The van der Waals surface area contributed by atoms with Gasteiger partial charge in [0.05, 0.1) is 11.3 Å². The minimum atomic E-state index is -0.190. The number of hydrogen-bond donors (Lipinski definition) is 4. The Kier molecular flexibility index (Phi) is 10.2. The van der Waals surface area contributed by atoms with E-state index < -0.39 is 0 Å². The highest BCUT2D eigenvalue weighted by Crippen LogP contribution is 2.49. The number of aryl methyl sites for hydroxylation is 1. The summed E-state index contributed by atoms with van der Waals surface area (Å²) >= 11 is 11.2. The molecule has 0 aromatic heterocycles. The minimum Gasteiger partial charge on any atom is -0.368 e. The number of amides is 1. The van der Waals surface area contributed by atoms with Gasteiger partial charge in [0.25, 0.3) is 5.91 Å². The van der Waals surface area contributed by atoms with Crippen molar-refractivity contribution in [3.05, 3.63) is 47.0 Å². The smallest absolute Gasteiger partial charge is 0.257 e. The van der Waals surface area contributed by atoms with Crippen molar-refractivity contribution in [3.63, 3.8) is 0 Å². The molecule has 1 aliphatic heterocycles. The van der Waals surface area contributed by atoms with Gasteiger partial charge in [-0.2, -0.15) is 0 Å². The second-order valence-corrected chi connectivity index (χ2v) is 12.4. The lowest BCUT2D eigenvalue weighted by Gasteiger charge is -2.20. The standard InChI is InChI=1S/C21H23N2OP5S3.C2H6/c1-7-2-4-9-11(6-7)32-21(23-9)8-3-5-10(19(31)18(8)30)22-20(24)12-13(25)15(27)17(29)16(28)14(12)26;1-2/h2-6,21,23,30-31H,25-29H2,1H3,(H,22,24);1-2H3. The third-order valence-electron chi connectivity index (χ3n) is 5.31. The van der Waals surface area contributed by atoms with Gasteiger partial charge in [0.15, 0.2) is 0 Å². The Morgan fingerprint density at radius 1 is 0.912 bits per heavy atom. The van der Waals surface area contributed by atoms with Crippen LogP contribution in [0.5, 0.6) is 0 Å². The number of thioether (sulfide) groups is 1. The van der Waals surface area contributed by atoms with Crippen LogP contribution in [-0.2, 0) is 0 Å². The zero-order valence-corrected chi connectivity index (χ0v) is 27.4. The molecule has 0 saturated carbocycles. The monoisotopic (exact) mass is 600 g/mol. The van der Waals surface area contributed by atoms with Crippen molar-refractivity contribution in [1.82, 2.24) is 0 Å². The molecule has 34 heavy (non-hydrogen) atoms. The highest BCUT2D eigenvalue weighted by molar-refractivity contribution is 8.00. The van der Waals surface area contributed by atoms with Gasteiger partial charge in [-0.3, -0.25) is 4.79 Å². The molecule has 0 bridgehead atoms. The van der Waals surface area contributed by atoms with Crippen LogP contribution in [0.25, 0.3) is 0 Å². The first-order valence-electron chi connectivity index (χ1n) is 10.5. The highest BCUT2D eigenvalue weighted by Gasteiger charge is 2.26. The maximum absolute atomic E-state index is 13.2. The normalized spacial score (nSPS) is 14.1. The lowest BCUT2D eigenvalue weighted by atomic mass is 10.1. The Morgan fingerprint density at radius 2 is 1.50 bits per heavy atom.